The number of halogens is 2. The van der Waals surface area contributed by atoms with E-state index in [4.69, 9.17) is 28.9 Å². The van der Waals surface area contributed by atoms with Gasteiger partial charge < -0.3 is 5.73 Å². The second-order valence-electron chi connectivity index (χ2n) is 5.04. The third-order valence-electron chi connectivity index (χ3n) is 3.23. The van der Waals surface area contributed by atoms with Crippen LogP contribution in [0.1, 0.15) is 19.8 Å². The summed E-state index contributed by atoms with van der Waals surface area (Å²) in [6.07, 6.45) is 2.09. The van der Waals surface area contributed by atoms with E-state index in [-0.39, 0.29) is 19.7 Å². The van der Waals surface area contributed by atoms with E-state index < -0.39 is 10.0 Å². The Labute approximate surface area is 133 Å². The van der Waals surface area contributed by atoms with Crippen LogP contribution in [-0.2, 0) is 10.0 Å². The monoisotopic (exact) mass is 354 g/mol. The van der Waals surface area contributed by atoms with Gasteiger partial charge in [-0.25, -0.2) is 13.1 Å². The number of nitrogen functional groups attached to an aromatic ring is 1. The minimum Gasteiger partial charge on any atom is -0.399 e. The van der Waals surface area contributed by atoms with Crippen LogP contribution < -0.4 is 10.5 Å². The number of anilines is 1. The largest absolute Gasteiger partial charge is 0.399 e. The summed E-state index contributed by atoms with van der Waals surface area (Å²) in [6, 6.07) is 2.77. The molecule has 1 aromatic rings. The molecular weight excluding hydrogens is 339 g/mol. The molecule has 8 heteroatoms. The zero-order valence-corrected chi connectivity index (χ0v) is 14.1. The maximum absolute atomic E-state index is 12.4. The van der Waals surface area contributed by atoms with E-state index >= 15 is 0 Å². The Morgan fingerprint density at radius 1 is 1.40 bits per heavy atom. The molecule has 1 fully saturated rings. The fourth-order valence-electron chi connectivity index (χ4n) is 2.13. The van der Waals surface area contributed by atoms with Crippen LogP contribution in [0.3, 0.4) is 0 Å². The third kappa shape index (κ3) is 3.54. The Bertz CT molecular complexity index is 591. The second-order valence-corrected chi connectivity index (χ2v) is 9.24. The number of rotatable bonds is 4. The van der Waals surface area contributed by atoms with Crippen LogP contribution in [0.15, 0.2) is 17.0 Å². The third-order valence-corrected chi connectivity index (χ3v) is 7.09. The van der Waals surface area contributed by atoms with Crippen molar-refractivity contribution in [2.24, 2.45) is 0 Å². The molecule has 112 valence electrons. The van der Waals surface area contributed by atoms with Gasteiger partial charge in [0.2, 0.25) is 10.0 Å². The normalized spacial score (nSPS) is 23.1. The molecule has 0 radical (unpaired) electrons. The Balaban J connectivity index is 2.23. The van der Waals surface area contributed by atoms with Crippen molar-refractivity contribution >= 4 is 50.7 Å². The molecule has 1 aromatic carbocycles. The second kappa shape index (κ2) is 5.93. The Morgan fingerprint density at radius 3 is 2.50 bits per heavy atom. The number of hydrogen-bond donors (Lipinski definition) is 2. The first-order valence-corrected chi connectivity index (χ1v) is 9.34. The number of hydrogen-bond acceptors (Lipinski definition) is 4. The summed E-state index contributed by atoms with van der Waals surface area (Å²) in [6.45, 7) is 2.41. The summed E-state index contributed by atoms with van der Waals surface area (Å²) in [5, 5.41) is 0.0680. The molecule has 1 aliphatic rings. The molecule has 0 bridgehead atoms. The average molecular weight is 355 g/mol. The van der Waals surface area contributed by atoms with Gasteiger partial charge >= 0.3 is 0 Å². The molecule has 0 saturated carbocycles. The van der Waals surface area contributed by atoms with Crippen molar-refractivity contribution in [3.8, 4) is 0 Å². The minimum absolute atomic E-state index is 0.0340. The van der Waals surface area contributed by atoms with Crippen LogP contribution in [0.5, 0.6) is 0 Å². The molecule has 0 spiro atoms. The molecular formula is C12H16Cl2N2O2S2. The molecule has 2 rings (SSSR count). The molecule has 1 aliphatic heterocycles. The van der Waals surface area contributed by atoms with Crippen molar-refractivity contribution < 1.29 is 8.42 Å². The summed E-state index contributed by atoms with van der Waals surface area (Å²) in [7, 11) is -3.75. The average Bonchev–Trinajstić information content (AvgIpc) is 2.73. The topological polar surface area (TPSA) is 72.2 Å². The first-order valence-electron chi connectivity index (χ1n) is 6.12. The standard InChI is InChI=1S/C12H16Cl2N2O2S2/c1-12(3-2-4-19-12)7-16-20(17,18)11-9(13)5-8(15)6-10(11)14/h5-6,16H,2-4,7,15H2,1H3. The van der Waals surface area contributed by atoms with Crippen molar-refractivity contribution in [3.05, 3.63) is 22.2 Å². The molecule has 0 aromatic heterocycles. The Kier molecular flexibility index (Phi) is 4.81. The number of nitrogens with one attached hydrogen (secondary N) is 1. The van der Waals surface area contributed by atoms with Gasteiger partial charge in [0.15, 0.2) is 0 Å². The van der Waals surface area contributed by atoms with Gasteiger partial charge in [0.25, 0.3) is 0 Å². The van der Waals surface area contributed by atoms with Gasteiger partial charge in [-0.1, -0.05) is 23.2 Å². The highest BCUT2D eigenvalue weighted by atomic mass is 35.5. The molecule has 0 amide bonds. The van der Waals surface area contributed by atoms with E-state index in [0.29, 0.717) is 12.2 Å². The highest BCUT2D eigenvalue weighted by Gasteiger charge is 2.32. The fraction of sp³-hybridized carbons (Fsp3) is 0.500. The van der Waals surface area contributed by atoms with Gasteiger partial charge in [-0.2, -0.15) is 11.8 Å². The van der Waals surface area contributed by atoms with Crippen LogP contribution in [0.2, 0.25) is 10.0 Å². The number of benzene rings is 1. The van der Waals surface area contributed by atoms with E-state index in [9.17, 15) is 8.42 Å². The maximum atomic E-state index is 12.4. The van der Waals surface area contributed by atoms with Crippen molar-refractivity contribution in [2.45, 2.75) is 29.4 Å². The number of thioether (sulfide) groups is 1. The predicted octanol–water partition coefficient (Wildman–Crippen LogP) is 3.14. The van der Waals surface area contributed by atoms with E-state index in [1.54, 1.807) is 11.8 Å². The van der Waals surface area contributed by atoms with Crippen molar-refractivity contribution in [1.82, 2.24) is 4.72 Å². The first kappa shape index (κ1) is 16.2. The summed E-state index contributed by atoms with van der Waals surface area (Å²) in [5.74, 6) is 1.06. The Morgan fingerprint density at radius 2 is 2.00 bits per heavy atom. The van der Waals surface area contributed by atoms with Gasteiger partial charge in [-0.05, 0) is 37.7 Å². The molecule has 1 saturated heterocycles. The zero-order chi connectivity index (χ0) is 15.0. The summed E-state index contributed by atoms with van der Waals surface area (Å²) >= 11 is 13.7. The zero-order valence-electron chi connectivity index (χ0n) is 10.9. The predicted molar refractivity (Wildman–Crippen MR) is 86.2 cm³/mol. The lowest BCUT2D eigenvalue weighted by atomic mass is 10.1. The van der Waals surface area contributed by atoms with E-state index in [0.717, 1.165) is 18.6 Å². The molecule has 20 heavy (non-hydrogen) atoms. The van der Waals surface area contributed by atoms with Crippen LogP contribution >= 0.6 is 35.0 Å². The lowest BCUT2D eigenvalue weighted by molar-refractivity contribution is 0.552. The highest BCUT2D eigenvalue weighted by Crippen LogP contribution is 2.38. The van der Waals surface area contributed by atoms with Crippen molar-refractivity contribution in [1.29, 1.82) is 0 Å². The summed E-state index contributed by atoms with van der Waals surface area (Å²) in [4.78, 5) is -0.110. The molecule has 1 atom stereocenters. The van der Waals surface area contributed by atoms with Crippen LogP contribution in [-0.4, -0.2) is 25.5 Å². The maximum Gasteiger partial charge on any atom is 0.243 e. The van der Waals surface area contributed by atoms with E-state index in [1.165, 1.54) is 12.1 Å². The first-order chi connectivity index (χ1) is 9.23. The SMILES string of the molecule is CC1(CNS(=O)(=O)c2c(Cl)cc(N)cc2Cl)CCCS1. The Hall–Kier alpha value is -0.140. The lowest BCUT2D eigenvalue weighted by Crippen LogP contribution is -2.36. The smallest absolute Gasteiger partial charge is 0.243 e. The van der Waals surface area contributed by atoms with Crippen molar-refractivity contribution in [3.63, 3.8) is 0 Å². The molecule has 4 nitrogen and oxygen atoms in total. The fourth-order valence-corrected chi connectivity index (χ4v) is 5.87. The van der Waals surface area contributed by atoms with Gasteiger partial charge in [0.05, 0.1) is 10.0 Å². The lowest BCUT2D eigenvalue weighted by Gasteiger charge is -2.23. The quantitative estimate of drug-likeness (QED) is 0.814. The van der Waals surface area contributed by atoms with Gasteiger partial charge in [-0.15, -0.1) is 0 Å². The van der Waals surface area contributed by atoms with Crippen LogP contribution in [0.4, 0.5) is 5.69 Å². The summed E-state index contributed by atoms with van der Waals surface area (Å²) in [5.41, 5.74) is 5.91. The van der Waals surface area contributed by atoms with Crippen LogP contribution in [0, 0.1) is 0 Å². The minimum atomic E-state index is -3.75. The molecule has 1 unspecified atom stereocenters. The van der Waals surface area contributed by atoms with Crippen molar-refractivity contribution in [2.75, 3.05) is 18.0 Å². The van der Waals surface area contributed by atoms with Gasteiger partial charge in [0, 0.05) is 17.0 Å². The summed E-state index contributed by atoms with van der Waals surface area (Å²) < 4.78 is 27.2. The molecule has 3 N–H and O–H groups in total. The van der Waals surface area contributed by atoms with Crippen LogP contribution in [0.25, 0.3) is 0 Å². The van der Waals surface area contributed by atoms with Gasteiger partial charge in [-0.3, -0.25) is 0 Å². The van der Waals surface area contributed by atoms with E-state index in [1.807, 2.05) is 0 Å². The van der Waals surface area contributed by atoms with E-state index in [2.05, 4.69) is 11.6 Å². The molecule has 1 heterocycles. The number of sulfonamides is 1. The number of nitrogens with two attached hydrogens (primary N) is 1. The van der Waals surface area contributed by atoms with Gasteiger partial charge in [0.1, 0.15) is 4.90 Å². The highest BCUT2D eigenvalue weighted by molar-refractivity contribution is 8.01. The molecule has 0 aliphatic carbocycles.